The largest absolute Gasteiger partial charge is 0.493 e. The van der Waals surface area contributed by atoms with Crippen LogP contribution in [0.5, 0.6) is 11.5 Å². The molecular weight excluding hydrogens is 276 g/mol. The highest BCUT2D eigenvalue weighted by Gasteiger charge is 2.18. The van der Waals surface area contributed by atoms with Crippen LogP contribution < -0.4 is 9.47 Å². The molecule has 0 bridgehead atoms. The van der Waals surface area contributed by atoms with Crippen molar-refractivity contribution in [2.75, 3.05) is 7.11 Å². The van der Waals surface area contributed by atoms with Crippen LogP contribution in [0.25, 0.3) is 0 Å². The van der Waals surface area contributed by atoms with Crippen LogP contribution in [-0.2, 0) is 17.8 Å². The van der Waals surface area contributed by atoms with Gasteiger partial charge < -0.3 is 14.3 Å². The molecule has 0 unspecified atom stereocenters. The Balaban J connectivity index is 2.10. The van der Waals surface area contributed by atoms with Crippen molar-refractivity contribution in [1.82, 2.24) is 0 Å². The van der Waals surface area contributed by atoms with Crippen LogP contribution in [0.3, 0.4) is 0 Å². The molecule has 22 heavy (non-hydrogen) atoms. The summed E-state index contributed by atoms with van der Waals surface area (Å²) in [6, 6.07) is 15.8. The van der Waals surface area contributed by atoms with Crippen LogP contribution in [0.15, 0.2) is 48.5 Å². The summed E-state index contributed by atoms with van der Waals surface area (Å²) in [7, 11) is 1.62. The molecule has 0 atom stereocenters. The van der Waals surface area contributed by atoms with E-state index in [1.165, 1.54) is 0 Å². The lowest BCUT2D eigenvalue weighted by atomic mass is 9.87. The van der Waals surface area contributed by atoms with E-state index >= 15 is 0 Å². The highest BCUT2D eigenvalue weighted by atomic mass is 16.5. The number of rotatable bonds is 7. The van der Waals surface area contributed by atoms with Gasteiger partial charge in [-0.05, 0) is 29.7 Å². The molecule has 0 aliphatic carbocycles. The number of aldehydes is 1. The molecule has 0 aromatic heterocycles. The van der Waals surface area contributed by atoms with Crippen molar-refractivity contribution in [3.8, 4) is 11.5 Å². The van der Waals surface area contributed by atoms with Gasteiger partial charge in [0.15, 0.2) is 11.5 Å². The van der Waals surface area contributed by atoms with Crippen LogP contribution >= 0.6 is 0 Å². The Hall–Kier alpha value is -2.29. The molecule has 0 amide bonds. The van der Waals surface area contributed by atoms with E-state index in [1.54, 1.807) is 7.11 Å². The minimum Gasteiger partial charge on any atom is -0.493 e. The van der Waals surface area contributed by atoms with Crippen molar-refractivity contribution < 1.29 is 14.3 Å². The Kier molecular flexibility index (Phi) is 5.21. The summed E-state index contributed by atoms with van der Waals surface area (Å²) in [6.45, 7) is 4.34. The zero-order valence-corrected chi connectivity index (χ0v) is 13.3. The SMILES string of the molecule is COc1cc(CC(C)(C)C=O)ccc1OCc1ccccc1. The number of hydrogen-bond acceptors (Lipinski definition) is 3. The van der Waals surface area contributed by atoms with E-state index in [-0.39, 0.29) is 5.41 Å². The Bertz CT molecular complexity index is 618. The second-order valence-electron chi connectivity index (χ2n) is 6.04. The average molecular weight is 298 g/mol. The fourth-order valence-electron chi connectivity index (χ4n) is 2.24. The van der Waals surface area contributed by atoms with E-state index in [2.05, 4.69) is 0 Å². The van der Waals surface area contributed by atoms with E-state index in [0.717, 1.165) is 17.4 Å². The number of benzene rings is 2. The van der Waals surface area contributed by atoms with Gasteiger partial charge >= 0.3 is 0 Å². The molecule has 2 aromatic rings. The lowest BCUT2D eigenvalue weighted by Crippen LogP contribution is -2.16. The molecule has 3 heteroatoms. The molecule has 0 saturated heterocycles. The fraction of sp³-hybridized carbons (Fsp3) is 0.316. The van der Waals surface area contributed by atoms with Gasteiger partial charge in [0.2, 0.25) is 0 Å². The topological polar surface area (TPSA) is 35.5 Å². The summed E-state index contributed by atoms with van der Waals surface area (Å²) in [6.07, 6.45) is 1.66. The van der Waals surface area contributed by atoms with Gasteiger partial charge in [0.25, 0.3) is 0 Å². The highest BCUT2D eigenvalue weighted by molar-refractivity contribution is 5.59. The normalized spacial score (nSPS) is 11.0. The van der Waals surface area contributed by atoms with Gasteiger partial charge in [-0.15, -0.1) is 0 Å². The van der Waals surface area contributed by atoms with E-state index in [0.29, 0.717) is 24.5 Å². The first-order valence-corrected chi connectivity index (χ1v) is 7.34. The van der Waals surface area contributed by atoms with Crippen molar-refractivity contribution >= 4 is 6.29 Å². The quantitative estimate of drug-likeness (QED) is 0.724. The summed E-state index contributed by atoms with van der Waals surface area (Å²) < 4.78 is 11.2. The fourth-order valence-corrected chi connectivity index (χ4v) is 2.24. The van der Waals surface area contributed by atoms with Gasteiger partial charge in [-0.2, -0.15) is 0 Å². The predicted molar refractivity (Wildman–Crippen MR) is 87.3 cm³/mol. The summed E-state index contributed by atoms with van der Waals surface area (Å²) in [4.78, 5) is 11.1. The number of carbonyl (C=O) groups excluding carboxylic acids is 1. The van der Waals surface area contributed by atoms with Crippen LogP contribution in [0, 0.1) is 5.41 Å². The molecule has 3 nitrogen and oxygen atoms in total. The number of hydrogen-bond donors (Lipinski definition) is 0. The third-order valence-corrected chi connectivity index (χ3v) is 3.44. The summed E-state index contributed by atoms with van der Waals surface area (Å²) >= 11 is 0. The summed E-state index contributed by atoms with van der Waals surface area (Å²) in [5.41, 5.74) is 1.79. The smallest absolute Gasteiger partial charge is 0.161 e. The van der Waals surface area contributed by atoms with Crippen molar-refractivity contribution in [1.29, 1.82) is 0 Å². The molecule has 116 valence electrons. The van der Waals surface area contributed by atoms with Gasteiger partial charge in [-0.3, -0.25) is 0 Å². The van der Waals surface area contributed by atoms with E-state index in [1.807, 2.05) is 62.4 Å². The standard InChI is InChI=1S/C19H22O3/c1-19(2,14-20)12-16-9-10-17(18(11-16)21-3)22-13-15-7-5-4-6-8-15/h4-11,14H,12-13H2,1-3H3. The molecule has 0 aliphatic heterocycles. The molecule has 2 aromatic carbocycles. The lowest BCUT2D eigenvalue weighted by molar-refractivity contribution is -0.114. The van der Waals surface area contributed by atoms with Crippen molar-refractivity contribution in [2.45, 2.75) is 26.9 Å². The van der Waals surface area contributed by atoms with Crippen LogP contribution in [0.1, 0.15) is 25.0 Å². The van der Waals surface area contributed by atoms with Crippen LogP contribution in [-0.4, -0.2) is 13.4 Å². The Morgan fingerprint density at radius 2 is 1.73 bits per heavy atom. The molecule has 0 N–H and O–H groups in total. The minimum absolute atomic E-state index is 0.378. The Morgan fingerprint density at radius 3 is 2.36 bits per heavy atom. The Labute approximate surface area is 131 Å². The number of carbonyl (C=O) groups is 1. The number of ether oxygens (including phenoxy) is 2. The molecule has 0 heterocycles. The number of methoxy groups -OCH3 is 1. The highest BCUT2D eigenvalue weighted by Crippen LogP contribution is 2.31. The second kappa shape index (κ2) is 7.12. The third-order valence-electron chi connectivity index (χ3n) is 3.44. The lowest BCUT2D eigenvalue weighted by Gasteiger charge is -2.18. The van der Waals surface area contributed by atoms with Gasteiger partial charge in [-0.1, -0.05) is 50.2 Å². The molecule has 2 rings (SSSR count). The third kappa shape index (κ3) is 4.35. The van der Waals surface area contributed by atoms with E-state index in [4.69, 9.17) is 9.47 Å². The maximum Gasteiger partial charge on any atom is 0.161 e. The van der Waals surface area contributed by atoms with Crippen LogP contribution in [0.2, 0.25) is 0 Å². The Morgan fingerprint density at radius 1 is 1.00 bits per heavy atom. The van der Waals surface area contributed by atoms with Crippen molar-refractivity contribution in [2.24, 2.45) is 5.41 Å². The average Bonchev–Trinajstić information content (AvgIpc) is 2.54. The first-order valence-electron chi connectivity index (χ1n) is 7.34. The summed E-state index contributed by atoms with van der Waals surface area (Å²) in [5.74, 6) is 1.40. The van der Waals surface area contributed by atoms with E-state index < -0.39 is 0 Å². The second-order valence-corrected chi connectivity index (χ2v) is 6.04. The maximum atomic E-state index is 11.1. The van der Waals surface area contributed by atoms with Gasteiger partial charge in [-0.25, -0.2) is 0 Å². The van der Waals surface area contributed by atoms with Crippen molar-refractivity contribution in [3.05, 3.63) is 59.7 Å². The maximum absolute atomic E-state index is 11.1. The minimum atomic E-state index is -0.378. The van der Waals surface area contributed by atoms with Crippen LogP contribution in [0.4, 0.5) is 0 Å². The molecule has 0 fully saturated rings. The predicted octanol–water partition coefficient (Wildman–Crippen LogP) is 4.04. The molecular formula is C19H22O3. The van der Waals surface area contributed by atoms with Gasteiger partial charge in [0.05, 0.1) is 7.11 Å². The monoisotopic (exact) mass is 298 g/mol. The first kappa shape index (κ1) is 16.1. The molecule has 0 aliphatic rings. The molecule has 0 radical (unpaired) electrons. The zero-order chi connectivity index (χ0) is 16.0. The zero-order valence-electron chi connectivity index (χ0n) is 13.3. The summed E-state index contributed by atoms with van der Waals surface area (Å²) in [5, 5.41) is 0. The van der Waals surface area contributed by atoms with E-state index in [9.17, 15) is 4.79 Å². The molecule has 0 spiro atoms. The van der Waals surface area contributed by atoms with Crippen molar-refractivity contribution in [3.63, 3.8) is 0 Å². The molecule has 0 saturated carbocycles. The first-order chi connectivity index (χ1) is 10.5. The van der Waals surface area contributed by atoms with Gasteiger partial charge in [0, 0.05) is 5.41 Å². The van der Waals surface area contributed by atoms with Gasteiger partial charge in [0.1, 0.15) is 12.9 Å².